The van der Waals surface area contributed by atoms with Crippen LogP contribution in [0.5, 0.6) is 0 Å². The maximum Gasteiger partial charge on any atom is 0.282 e. The molecule has 0 saturated carbocycles. The number of rotatable bonds is 3. The van der Waals surface area contributed by atoms with Crippen LogP contribution in [0.1, 0.15) is 15.9 Å². The van der Waals surface area contributed by atoms with Gasteiger partial charge in [-0.15, -0.1) is 6.42 Å². The van der Waals surface area contributed by atoms with Crippen molar-refractivity contribution in [3.05, 3.63) is 39.4 Å². The van der Waals surface area contributed by atoms with E-state index in [1.807, 2.05) is 0 Å². The summed E-state index contributed by atoms with van der Waals surface area (Å²) in [5.74, 6) is 1.70. The van der Waals surface area contributed by atoms with E-state index >= 15 is 0 Å². The molecule has 1 N–H and O–H groups in total. The van der Waals surface area contributed by atoms with Crippen LogP contribution in [0.4, 0.5) is 5.69 Å². The van der Waals surface area contributed by atoms with Crippen molar-refractivity contribution in [2.45, 2.75) is 6.92 Å². The molecule has 82 valence electrons. The van der Waals surface area contributed by atoms with Crippen LogP contribution in [-0.4, -0.2) is 17.4 Å². The Morgan fingerprint density at radius 1 is 1.62 bits per heavy atom. The van der Waals surface area contributed by atoms with E-state index in [9.17, 15) is 14.9 Å². The van der Waals surface area contributed by atoms with Gasteiger partial charge in [0.1, 0.15) is 5.56 Å². The summed E-state index contributed by atoms with van der Waals surface area (Å²) < 4.78 is 0. The van der Waals surface area contributed by atoms with Gasteiger partial charge in [0.25, 0.3) is 11.6 Å². The van der Waals surface area contributed by atoms with Crippen LogP contribution < -0.4 is 5.32 Å². The van der Waals surface area contributed by atoms with Crippen LogP contribution in [0.3, 0.4) is 0 Å². The van der Waals surface area contributed by atoms with Crippen LogP contribution >= 0.6 is 0 Å². The fraction of sp³-hybridized carbons (Fsp3) is 0.182. The minimum Gasteiger partial charge on any atom is -0.341 e. The van der Waals surface area contributed by atoms with Crippen molar-refractivity contribution < 1.29 is 9.72 Å². The lowest BCUT2D eigenvalue weighted by molar-refractivity contribution is -0.385. The first kappa shape index (κ1) is 11.7. The maximum atomic E-state index is 11.6. The first-order valence-corrected chi connectivity index (χ1v) is 4.53. The molecule has 5 nitrogen and oxygen atoms in total. The molecule has 0 saturated heterocycles. The van der Waals surface area contributed by atoms with Gasteiger partial charge in [-0.05, 0) is 18.6 Å². The second kappa shape index (κ2) is 4.94. The molecule has 0 heterocycles. The molecule has 0 aliphatic carbocycles. The highest BCUT2D eigenvalue weighted by Crippen LogP contribution is 2.19. The monoisotopic (exact) mass is 218 g/mol. The van der Waals surface area contributed by atoms with Crippen molar-refractivity contribution in [1.29, 1.82) is 0 Å². The lowest BCUT2D eigenvalue weighted by Crippen LogP contribution is -2.24. The predicted molar refractivity (Wildman–Crippen MR) is 59.0 cm³/mol. The Kier molecular flexibility index (Phi) is 3.62. The Hall–Kier alpha value is -2.35. The molecular weight excluding hydrogens is 208 g/mol. The highest BCUT2D eigenvalue weighted by Gasteiger charge is 2.19. The van der Waals surface area contributed by atoms with Gasteiger partial charge in [0, 0.05) is 6.07 Å². The number of hydrogen-bond donors (Lipinski definition) is 1. The molecule has 0 atom stereocenters. The molecule has 0 bridgehead atoms. The third-order valence-corrected chi connectivity index (χ3v) is 1.94. The van der Waals surface area contributed by atoms with Crippen molar-refractivity contribution in [3.63, 3.8) is 0 Å². The number of nitrogens with one attached hydrogen (secondary N) is 1. The molecule has 0 aliphatic rings. The first-order valence-electron chi connectivity index (χ1n) is 4.53. The molecule has 0 spiro atoms. The molecule has 1 amide bonds. The average Bonchev–Trinajstić information content (AvgIpc) is 2.25. The summed E-state index contributed by atoms with van der Waals surface area (Å²) in [5, 5.41) is 13.1. The molecule has 5 heteroatoms. The Balaban J connectivity index is 3.10. The highest BCUT2D eigenvalue weighted by atomic mass is 16.6. The molecule has 0 radical (unpaired) electrons. The number of amides is 1. The number of carbonyl (C=O) groups excluding carboxylic acids is 1. The third kappa shape index (κ3) is 2.58. The van der Waals surface area contributed by atoms with E-state index in [1.54, 1.807) is 13.0 Å². The van der Waals surface area contributed by atoms with Crippen LogP contribution in [0.25, 0.3) is 0 Å². The molecule has 0 fully saturated rings. The van der Waals surface area contributed by atoms with Crippen LogP contribution in [-0.2, 0) is 0 Å². The predicted octanol–water partition coefficient (Wildman–Crippen LogP) is 1.27. The number of terminal acetylenes is 1. The molecule has 1 aromatic rings. The Morgan fingerprint density at radius 2 is 2.31 bits per heavy atom. The SMILES string of the molecule is C#CCNC(=O)c1cc(C)ccc1[N+](=O)[O-]. The largest absolute Gasteiger partial charge is 0.341 e. The highest BCUT2D eigenvalue weighted by molar-refractivity contribution is 5.98. The number of nitro benzene ring substituents is 1. The van der Waals surface area contributed by atoms with Gasteiger partial charge in [-0.2, -0.15) is 0 Å². The van der Waals surface area contributed by atoms with E-state index in [4.69, 9.17) is 6.42 Å². The number of benzene rings is 1. The number of nitro groups is 1. The van der Waals surface area contributed by atoms with E-state index in [-0.39, 0.29) is 17.8 Å². The van der Waals surface area contributed by atoms with Gasteiger partial charge in [0.2, 0.25) is 0 Å². The molecule has 0 unspecified atom stereocenters. The first-order chi connectivity index (χ1) is 7.56. The number of hydrogen-bond acceptors (Lipinski definition) is 3. The van der Waals surface area contributed by atoms with Crippen molar-refractivity contribution in [2.24, 2.45) is 0 Å². The number of nitrogens with zero attached hydrogens (tertiary/aromatic N) is 1. The minimum absolute atomic E-state index is 0.0280. The Bertz CT molecular complexity index is 475. The lowest BCUT2D eigenvalue weighted by Gasteiger charge is -2.03. The van der Waals surface area contributed by atoms with Gasteiger partial charge in [-0.25, -0.2) is 0 Å². The van der Waals surface area contributed by atoms with Crippen molar-refractivity contribution in [1.82, 2.24) is 5.32 Å². The van der Waals surface area contributed by atoms with Gasteiger partial charge < -0.3 is 5.32 Å². The number of aryl methyl sites for hydroxylation is 1. The van der Waals surface area contributed by atoms with Crippen LogP contribution in [0, 0.1) is 29.4 Å². The zero-order chi connectivity index (χ0) is 12.1. The van der Waals surface area contributed by atoms with Gasteiger partial charge in [-0.1, -0.05) is 12.0 Å². The molecule has 16 heavy (non-hydrogen) atoms. The zero-order valence-electron chi connectivity index (χ0n) is 8.69. The second-order valence-corrected chi connectivity index (χ2v) is 3.16. The van der Waals surface area contributed by atoms with E-state index in [2.05, 4.69) is 11.2 Å². The van der Waals surface area contributed by atoms with Gasteiger partial charge in [-0.3, -0.25) is 14.9 Å². The molecule has 0 aliphatic heterocycles. The lowest BCUT2D eigenvalue weighted by atomic mass is 10.1. The summed E-state index contributed by atoms with van der Waals surface area (Å²) in [4.78, 5) is 21.7. The zero-order valence-corrected chi connectivity index (χ0v) is 8.69. The van der Waals surface area contributed by atoms with E-state index in [0.717, 1.165) is 5.56 Å². The Labute approximate surface area is 92.6 Å². The maximum absolute atomic E-state index is 11.6. The summed E-state index contributed by atoms with van der Waals surface area (Å²) >= 11 is 0. The van der Waals surface area contributed by atoms with Crippen LogP contribution in [0.15, 0.2) is 18.2 Å². The van der Waals surface area contributed by atoms with Crippen molar-refractivity contribution >= 4 is 11.6 Å². The summed E-state index contributed by atoms with van der Waals surface area (Å²) in [6.07, 6.45) is 4.98. The van der Waals surface area contributed by atoms with Crippen LogP contribution in [0.2, 0.25) is 0 Å². The summed E-state index contributed by atoms with van der Waals surface area (Å²) in [5.41, 5.74) is 0.580. The molecule has 1 rings (SSSR count). The fourth-order valence-electron chi connectivity index (χ4n) is 1.22. The standard InChI is InChI=1S/C11H10N2O3/c1-3-6-12-11(14)9-7-8(2)4-5-10(9)13(15)16/h1,4-5,7H,6H2,2H3,(H,12,14). The molecule has 1 aromatic carbocycles. The molecular formula is C11H10N2O3. The topological polar surface area (TPSA) is 72.2 Å². The van der Waals surface area contributed by atoms with Gasteiger partial charge in [0.05, 0.1) is 11.5 Å². The quantitative estimate of drug-likeness (QED) is 0.471. The van der Waals surface area contributed by atoms with E-state index < -0.39 is 10.8 Å². The second-order valence-electron chi connectivity index (χ2n) is 3.16. The van der Waals surface area contributed by atoms with Gasteiger partial charge in [0.15, 0.2) is 0 Å². The van der Waals surface area contributed by atoms with Crippen molar-refractivity contribution in [2.75, 3.05) is 6.54 Å². The summed E-state index contributed by atoms with van der Waals surface area (Å²) in [7, 11) is 0. The van der Waals surface area contributed by atoms with Crippen molar-refractivity contribution in [3.8, 4) is 12.3 Å². The van der Waals surface area contributed by atoms with Gasteiger partial charge >= 0.3 is 0 Å². The smallest absolute Gasteiger partial charge is 0.282 e. The number of carbonyl (C=O) groups is 1. The summed E-state index contributed by atoms with van der Waals surface area (Å²) in [6, 6.07) is 4.35. The van der Waals surface area contributed by atoms with E-state index in [0.29, 0.717) is 0 Å². The summed E-state index contributed by atoms with van der Waals surface area (Å²) in [6.45, 7) is 1.80. The normalized spacial score (nSPS) is 9.25. The minimum atomic E-state index is -0.593. The Morgan fingerprint density at radius 3 is 2.88 bits per heavy atom. The van der Waals surface area contributed by atoms with E-state index in [1.165, 1.54) is 12.1 Å². The molecule has 0 aromatic heterocycles. The fourth-order valence-corrected chi connectivity index (χ4v) is 1.22. The third-order valence-electron chi connectivity index (χ3n) is 1.94. The average molecular weight is 218 g/mol.